The van der Waals surface area contributed by atoms with Gasteiger partial charge < -0.3 is 0 Å². The lowest BCUT2D eigenvalue weighted by Gasteiger charge is -2.01. The maximum Gasteiger partial charge on any atom is 0.254 e. The summed E-state index contributed by atoms with van der Waals surface area (Å²) in [5.74, 6) is -0.143. The summed E-state index contributed by atoms with van der Waals surface area (Å²) in [7, 11) is -1.33. The molecule has 1 aromatic heterocycles. The van der Waals surface area contributed by atoms with Crippen molar-refractivity contribution in [1.29, 1.82) is 0 Å². The lowest BCUT2D eigenvalue weighted by atomic mass is 10.2. The van der Waals surface area contributed by atoms with Crippen LogP contribution in [0.15, 0.2) is 76.7 Å². The van der Waals surface area contributed by atoms with E-state index in [2.05, 4.69) is 0 Å². The zero-order valence-electron chi connectivity index (χ0n) is 13.0. The van der Waals surface area contributed by atoms with E-state index >= 15 is 0 Å². The van der Waals surface area contributed by atoms with Crippen molar-refractivity contribution in [2.75, 3.05) is 0 Å². The van der Waals surface area contributed by atoms with Crippen LogP contribution in [0.5, 0.6) is 0 Å². The minimum Gasteiger partial charge on any atom is -0.282 e. The number of rotatable bonds is 3. The van der Waals surface area contributed by atoms with Crippen LogP contribution in [0.1, 0.15) is 17.3 Å². The lowest BCUT2D eigenvalue weighted by molar-refractivity contribution is 0.0973. The van der Waals surface area contributed by atoms with Crippen LogP contribution >= 0.6 is 0 Å². The molecule has 4 heteroatoms. The topological polar surface area (TPSA) is 39.1 Å². The number of carbonyl (C=O) groups is 1. The standard InChI is InChI=1S/C19H17NO2S/c1-3-6-19(21)20-13-18(16-7-4-5-8-17(16)20)23(22)15-11-9-14(2)10-12-15/h3-13H,1-2H3/b6-3+. The number of aromatic nitrogens is 1. The Morgan fingerprint density at radius 2 is 1.78 bits per heavy atom. The molecule has 116 valence electrons. The van der Waals surface area contributed by atoms with Crippen LogP contribution in [0.25, 0.3) is 10.9 Å². The Balaban J connectivity index is 2.16. The molecular weight excluding hydrogens is 306 g/mol. The Hall–Kier alpha value is -2.46. The predicted octanol–water partition coefficient (Wildman–Crippen LogP) is 4.33. The zero-order chi connectivity index (χ0) is 16.4. The summed E-state index contributed by atoms with van der Waals surface area (Å²) in [4.78, 5) is 13.6. The smallest absolute Gasteiger partial charge is 0.254 e. The molecule has 0 saturated heterocycles. The SMILES string of the molecule is C/C=C/C(=O)n1cc(S(=O)c2ccc(C)cc2)c2ccccc21. The van der Waals surface area contributed by atoms with Crippen molar-refractivity contribution < 1.29 is 9.00 Å². The molecule has 0 spiro atoms. The van der Waals surface area contributed by atoms with Crippen molar-refractivity contribution in [3.63, 3.8) is 0 Å². The van der Waals surface area contributed by atoms with Crippen molar-refractivity contribution >= 4 is 27.6 Å². The summed E-state index contributed by atoms with van der Waals surface area (Å²) in [5.41, 5.74) is 1.89. The Bertz CT molecular complexity index is 920. The second-order valence-corrected chi connectivity index (χ2v) is 6.75. The van der Waals surface area contributed by atoms with Gasteiger partial charge in [-0.25, -0.2) is 4.21 Å². The van der Waals surface area contributed by atoms with E-state index in [4.69, 9.17) is 0 Å². The van der Waals surface area contributed by atoms with Crippen molar-refractivity contribution in [3.05, 3.63) is 72.4 Å². The molecule has 0 bridgehead atoms. The molecule has 0 N–H and O–H groups in total. The summed E-state index contributed by atoms with van der Waals surface area (Å²) in [5, 5.41) is 0.837. The van der Waals surface area contributed by atoms with Gasteiger partial charge in [0.05, 0.1) is 21.2 Å². The fraction of sp³-hybridized carbons (Fsp3) is 0.105. The lowest BCUT2D eigenvalue weighted by Crippen LogP contribution is -2.05. The number of fused-ring (bicyclic) bond motifs is 1. The zero-order valence-corrected chi connectivity index (χ0v) is 13.8. The third kappa shape index (κ3) is 2.90. The average molecular weight is 323 g/mol. The Labute approximate surface area is 137 Å². The first-order valence-electron chi connectivity index (χ1n) is 7.37. The van der Waals surface area contributed by atoms with Gasteiger partial charge in [-0.1, -0.05) is 42.0 Å². The number of benzene rings is 2. The second-order valence-electron chi connectivity index (χ2n) is 5.30. The van der Waals surface area contributed by atoms with Gasteiger partial charge >= 0.3 is 0 Å². The molecule has 0 aliphatic carbocycles. The molecule has 3 aromatic rings. The van der Waals surface area contributed by atoms with Gasteiger partial charge in [-0.3, -0.25) is 9.36 Å². The number of hydrogen-bond donors (Lipinski definition) is 0. The van der Waals surface area contributed by atoms with Gasteiger partial charge in [0.1, 0.15) is 0 Å². The molecule has 3 nitrogen and oxygen atoms in total. The molecule has 23 heavy (non-hydrogen) atoms. The first kappa shape index (κ1) is 15.4. The van der Waals surface area contributed by atoms with E-state index in [1.54, 1.807) is 23.8 Å². The largest absolute Gasteiger partial charge is 0.282 e. The molecule has 2 aromatic carbocycles. The second kappa shape index (κ2) is 6.34. The molecule has 1 atom stereocenters. The minimum atomic E-state index is -1.33. The number of aryl methyl sites for hydroxylation is 1. The van der Waals surface area contributed by atoms with E-state index in [0.29, 0.717) is 4.90 Å². The van der Waals surface area contributed by atoms with E-state index in [1.165, 1.54) is 6.08 Å². The van der Waals surface area contributed by atoms with Crippen LogP contribution in [0.3, 0.4) is 0 Å². The number of carbonyl (C=O) groups excluding carboxylic acids is 1. The van der Waals surface area contributed by atoms with Gasteiger partial charge in [0.2, 0.25) is 0 Å². The van der Waals surface area contributed by atoms with E-state index < -0.39 is 10.8 Å². The molecule has 0 saturated carbocycles. The van der Waals surface area contributed by atoms with Crippen molar-refractivity contribution in [2.45, 2.75) is 23.6 Å². The number of nitrogens with zero attached hydrogens (tertiary/aromatic N) is 1. The monoisotopic (exact) mass is 323 g/mol. The van der Waals surface area contributed by atoms with Gasteiger partial charge in [-0.15, -0.1) is 0 Å². The summed E-state index contributed by atoms with van der Waals surface area (Å²) in [6.07, 6.45) is 4.89. The maximum atomic E-state index is 12.9. The maximum absolute atomic E-state index is 12.9. The quantitative estimate of drug-likeness (QED) is 0.673. The summed E-state index contributed by atoms with van der Waals surface area (Å²) < 4.78 is 14.5. The Kier molecular flexibility index (Phi) is 4.26. The minimum absolute atomic E-state index is 0.143. The molecule has 0 aliphatic heterocycles. The normalized spacial score (nSPS) is 12.8. The molecule has 0 aliphatic rings. The van der Waals surface area contributed by atoms with Crippen LogP contribution in [-0.2, 0) is 10.8 Å². The highest BCUT2D eigenvalue weighted by molar-refractivity contribution is 7.85. The molecule has 0 radical (unpaired) electrons. The van der Waals surface area contributed by atoms with Gasteiger partial charge in [0.15, 0.2) is 0 Å². The van der Waals surface area contributed by atoms with Gasteiger partial charge in [0, 0.05) is 16.5 Å². The predicted molar refractivity (Wildman–Crippen MR) is 93.2 cm³/mol. The fourth-order valence-corrected chi connectivity index (χ4v) is 3.70. The highest BCUT2D eigenvalue weighted by Gasteiger charge is 2.17. The van der Waals surface area contributed by atoms with Gasteiger partial charge in [-0.05, 0) is 38.1 Å². The Morgan fingerprint density at radius 1 is 1.09 bits per heavy atom. The average Bonchev–Trinajstić information content (AvgIpc) is 2.95. The molecule has 0 amide bonds. The van der Waals surface area contributed by atoms with Gasteiger partial charge in [-0.2, -0.15) is 0 Å². The van der Waals surface area contributed by atoms with Crippen molar-refractivity contribution in [2.24, 2.45) is 0 Å². The molecule has 1 unspecified atom stereocenters. The number of allylic oxidation sites excluding steroid dienone is 2. The Morgan fingerprint density at radius 3 is 2.48 bits per heavy atom. The first-order valence-corrected chi connectivity index (χ1v) is 8.52. The van der Waals surface area contributed by atoms with E-state index in [0.717, 1.165) is 21.4 Å². The molecule has 3 rings (SSSR count). The summed E-state index contributed by atoms with van der Waals surface area (Å²) >= 11 is 0. The third-order valence-corrected chi connectivity index (χ3v) is 5.08. The van der Waals surface area contributed by atoms with E-state index in [9.17, 15) is 9.00 Å². The van der Waals surface area contributed by atoms with Crippen molar-refractivity contribution in [1.82, 2.24) is 4.57 Å². The third-order valence-electron chi connectivity index (χ3n) is 3.66. The van der Waals surface area contributed by atoms with E-state index in [1.807, 2.05) is 55.5 Å². The van der Waals surface area contributed by atoms with Crippen molar-refractivity contribution in [3.8, 4) is 0 Å². The molecular formula is C19H17NO2S. The van der Waals surface area contributed by atoms with E-state index in [-0.39, 0.29) is 5.91 Å². The molecule has 1 heterocycles. The summed E-state index contributed by atoms with van der Waals surface area (Å²) in [6.45, 7) is 3.79. The number of hydrogen-bond acceptors (Lipinski definition) is 2. The highest BCUT2D eigenvalue weighted by atomic mass is 32.2. The highest BCUT2D eigenvalue weighted by Crippen LogP contribution is 2.27. The van der Waals surface area contributed by atoms with Crippen LogP contribution < -0.4 is 0 Å². The fourth-order valence-electron chi connectivity index (χ4n) is 2.49. The molecule has 0 fully saturated rings. The van der Waals surface area contributed by atoms with Crippen LogP contribution in [0.2, 0.25) is 0 Å². The van der Waals surface area contributed by atoms with Crippen LogP contribution in [0, 0.1) is 6.92 Å². The number of para-hydroxylation sites is 1. The first-order chi connectivity index (χ1) is 11.1. The van der Waals surface area contributed by atoms with Gasteiger partial charge in [0.25, 0.3) is 5.91 Å². The summed E-state index contributed by atoms with van der Waals surface area (Å²) in [6, 6.07) is 15.2. The van der Waals surface area contributed by atoms with Crippen LogP contribution in [0.4, 0.5) is 0 Å². The van der Waals surface area contributed by atoms with Crippen LogP contribution in [-0.4, -0.2) is 14.7 Å².